The van der Waals surface area contributed by atoms with E-state index in [0.29, 0.717) is 42.9 Å². The molecule has 2 heterocycles. The van der Waals surface area contributed by atoms with Gasteiger partial charge in [0, 0.05) is 46.7 Å². The maximum Gasteiger partial charge on any atom is 0.349 e. The van der Waals surface area contributed by atoms with Gasteiger partial charge in [0.05, 0.1) is 7.11 Å². The van der Waals surface area contributed by atoms with E-state index in [1.807, 2.05) is 25.1 Å². The molecular formula is C22H20BrClN2O4. The van der Waals surface area contributed by atoms with Crippen molar-refractivity contribution >= 4 is 50.1 Å². The van der Waals surface area contributed by atoms with Crippen LogP contribution in [0.15, 0.2) is 50.1 Å². The average molecular weight is 492 g/mol. The third kappa shape index (κ3) is 3.91. The van der Waals surface area contributed by atoms with Crippen molar-refractivity contribution in [1.82, 2.24) is 4.90 Å². The second-order valence-electron chi connectivity index (χ2n) is 7.19. The van der Waals surface area contributed by atoms with Gasteiger partial charge in [0.1, 0.15) is 5.56 Å². The molecule has 0 saturated carbocycles. The molecule has 2 aromatic carbocycles. The lowest BCUT2D eigenvalue weighted by Crippen LogP contribution is -2.49. The van der Waals surface area contributed by atoms with Crippen molar-refractivity contribution in [3.8, 4) is 5.75 Å². The van der Waals surface area contributed by atoms with Gasteiger partial charge in [-0.15, -0.1) is 0 Å². The fourth-order valence-electron chi connectivity index (χ4n) is 3.58. The minimum absolute atomic E-state index is 0.0227. The quantitative estimate of drug-likeness (QED) is 0.505. The summed E-state index contributed by atoms with van der Waals surface area (Å²) in [5.41, 5.74) is 1.74. The number of halogens is 2. The van der Waals surface area contributed by atoms with E-state index < -0.39 is 5.63 Å². The van der Waals surface area contributed by atoms with Crippen molar-refractivity contribution in [3.63, 3.8) is 0 Å². The summed E-state index contributed by atoms with van der Waals surface area (Å²) in [5, 5.41) is 1.35. The fraction of sp³-hybridized carbons (Fsp3) is 0.273. The maximum absolute atomic E-state index is 13.0. The van der Waals surface area contributed by atoms with Crippen LogP contribution in [-0.2, 0) is 0 Å². The lowest BCUT2D eigenvalue weighted by Gasteiger charge is -2.36. The van der Waals surface area contributed by atoms with Gasteiger partial charge in [0.15, 0.2) is 11.3 Å². The highest BCUT2D eigenvalue weighted by atomic mass is 79.9. The number of hydrogen-bond donors (Lipinski definition) is 0. The van der Waals surface area contributed by atoms with E-state index in [2.05, 4.69) is 20.8 Å². The number of anilines is 1. The summed E-state index contributed by atoms with van der Waals surface area (Å²) >= 11 is 9.65. The molecule has 8 heteroatoms. The van der Waals surface area contributed by atoms with Crippen LogP contribution in [0.5, 0.6) is 5.75 Å². The van der Waals surface area contributed by atoms with Gasteiger partial charge in [-0.05, 0) is 42.8 Å². The molecule has 0 aliphatic carbocycles. The van der Waals surface area contributed by atoms with Gasteiger partial charge < -0.3 is 19.0 Å². The second-order valence-corrected chi connectivity index (χ2v) is 8.51. The van der Waals surface area contributed by atoms with Gasteiger partial charge >= 0.3 is 5.63 Å². The number of carbonyl (C=O) groups is 1. The van der Waals surface area contributed by atoms with Gasteiger partial charge in [0.2, 0.25) is 0 Å². The number of aryl methyl sites for hydroxylation is 1. The van der Waals surface area contributed by atoms with Gasteiger partial charge in [-0.1, -0.05) is 33.6 Å². The fourth-order valence-corrected chi connectivity index (χ4v) is 4.21. The average Bonchev–Trinajstić information content (AvgIpc) is 2.74. The molecule has 1 fully saturated rings. The van der Waals surface area contributed by atoms with Crippen LogP contribution in [0.2, 0.25) is 5.02 Å². The van der Waals surface area contributed by atoms with Crippen LogP contribution in [0.3, 0.4) is 0 Å². The summed E-state index contributed by atoms with van der Waals surface area (Å²) in [5.74, 6) is 0.104. The predicted octanol–water partition coefficient (Wildman–Crippen LogP) is 4.49. The monoisotopic (exact) mass is 490 g/mol. The molecule has 1 aromatic heterocycles. The summed E-state index contributed by atoms with van der Waals surface area (Å²) in [6.07, 6.45) is 0. The molecule has 4 rings (SSSR count). The highest BCUT2D eigenvalue weighted by Gasteiger charge is 2.25. The molecule has 0 radical (unpaired) electrons. The number of fused-ring (bicyclic) bond motifs is 1. The largest absolute Gasteiger partial charge is 0.493 e. The number of piperazine rings is 1. The number of carbonyl (C=O) groups excluding carboxylic acids is 1. The molecule has 0 unspecified atom stereocenters. The molecule has 3 aromatic rings. The molecule has 156 valence electrons. The molecule has 1 aliphatic rings. The van der Waals surface area contributed by atoms with Gasteiger partial charge in [-0.2, -0.15) is 0 Å². The Hall–Kier alpha value is -2.51. The van der Waals surface area contributed by atoms with Crippen molar-refractivity contribution < 1.29 is 13.9 Å². The van der Waals surface area contributed by atoms with E-state index in [0.717, 1.165) is 20.7 Å². The Morgan fingerprint density at radius 2 is 1.87 bits per heavy atom. The summed E-state index contributed by atoms with van der Waals surface area (Å²) in [4.78, 5) is 29.4. The first-order valence-corrected chi connectivity index (χ1v) is 10.7. The number of amides is 1. The van der Waals surface area contributed by atoms with Crippen molar-refractivity contribution in [2.24, 2.45) is 0 Å². The summed E-state index contributed by atoms with van der Waals surface area (Å²) in [7, 11) is 1.50. The van der Waals surface area contributed by atoms with Crippen LogP contribution in [0.25, 0.3) is 11.0 Å². The third-order valence-electron chi connectivity index (χ3n) is 5.30. The molecular weight excluding hydrogens is 472 g/mol. The zero-order valence-corrected chi connectivity index (χ0v) is 18.9. The topological polar surface area (TPSA) is 63.0 Å². The van der Waals surface area contributed by atoms with Gasteiger partial charge in [-0.25, -0.2) is 4.79 Å². The Labute approximate surface area is 187 Å². The van der Waals surface area contributed by atoms with E-state index in [-0.39, 0.29) is 11.5 Å². The number of ether oxygens (including phenoxy) is 1. The van der Waals surface area contributed by atoms with Crippen LogP contribution in [0, 0.1) is 6.92 Å². The molecule has 0 N–H and O–H groups in total. The number of benzene rings is 2. The van der Waals surface area contributed by atoms with E-state index in [1.165, 1.54) is 7.11 Å². The third-order valence-corrected chi connectivity index (χ3v) is 6.17. The number of rotatable bonds is 3. The maximum atomic E-state index is 13.0. The van der Waals surface area contributed by atoms with Crippen LogP contribution < -0.4 is 15.3 Å². The highest BCUT2D eigenvalue weighted by Crippen LogP contribution is 2.30. The van der Waals surface area contributed by atoms with Crippen molar-refractivity contribution in [3.05, 3.63) is 67.4 Å². The normalized spacial score (nSPS) is 14.3. The first kappa shape index (κ1) is 20.8. The Kier molecular flexibility index (Phi) is 5.75. The van der Waals surface area contributed by atoms with E-state index >= 15 is 0 Å². The summed E-state index contributed by atoms with van der Waals surface area (Å²) < 4.78 is 11.5. The highest BCUT2D eigenvalue weighted by molar-refractivity contribution is 9.10. The minimum Gasteiger partial charge on any atom is -0.493 e. The van der Waals surface area contributed by atoms with Gasteiger partial charge in [-0.3, -0.25) is 4.79 Å². The Morgan fingerprint density at radius 1 is 1.13 bits per heavy atom. The minimum atomic E-state index is -0.666. The summed E-state index contributed by atoms with van der Waals surface area (Å²) in [6, 6.07) is 11.0. The second kappa shape index (κ2) is 8.32. The van der Waals surface area contributed by atoms with E-state index in [1.54, 1.807) is 23.1 Å². The lowest BCUT2D eigenvalue weighted by molar-refractivity contribution is 0.0742. The smallest absolute Gasteiger partial charge is 0.349 e. The van der Waals surface area contributed by atoms with E-state index in [4.69, 9.17) is 20.8 Å². The molecule has 0 spiro atoms. The first-order valence-electron chi connectivity index (χ1n) is 9.49. The Morgan fingerprint density at radius 3 is 2.53 bits per heavy atom. The molecule has 0 bridgehead atoms. The number of hydrogen-bond acceptors (Lipinski definition) is 5. The van der Waals surface area contributed by atoms with Crippen LogP contribution in [0.4, 0.5) is 5.69 Å². The Bertz CT molecular complexity index is 1190. The number of methoxy groups -OCH3 is 1. The number of nitrogens with zero attached hydrogens (tertiary/aromatic N) is 2. The Balaban J connectivity index is 1.55. The van der Waals surface area contributed by atoms with Crippen molar-refractivity contribution in [2.45, 2.75) is 6.92 Å². The van der Waals surface area contributed by atoms with Crippen molar-refractivity contribution in [2.75, 3.05) is 38.2 Å². The SMILES string of the molecule is COc1cc(Br)cc2cc(C(=O)N3CCN(c4ccc(C)c(Cl)c4)CC3)c(=O)oc12. The zero-order valence-electron chi connectivity index (χ0n) is 16.6. The molecule has 1 amide bonds. The first-order chi connectivity index (χ1) is 14.4. The van der Waals surface area contributed by atoms with Crippen LogP contribution in [0.1, 0.15) is 15.9 Å². The zero-order chi connectivity index (χ0) is 21.4. The molecule has 1 saturated heterocycles. The summed E-state index contributed by atoms with van der Waals surface area (Å²) in [6.45, 7) is 4.28. The molecule has 30 heavy (non-hydrogen) atoms. The van der Waals surface area contributed by atoms with Crippen LogP contribution >= 0.6 is 27.5 Å². The van der Waals surface area contributed by atoms with E-state index in [9.17, 15) is 9.59 Å². The predicted molar refractivity (Wildman–Crippen MR) is 121 cm³/mol. The molecule has 0 atom stereocenters. The van der Waals surface area contributed by atoms with Crippen LogP contribution in [-0.4, -0.2) is 44.1 Å². The van der Waals surface area contributed by atoms with Gasteiger partial charge in [0.25, 0.3) is 5.91 Å². The standard InChI is InChI=1S/C22H20BrClN2O4/c1-13-3-4-16(12-18(13)24)25-5-7-26(8-6-25)21(27)17-10-14-9-15(23)11-19(29-2)20(14)30-22(17)28/h3-4,9-12H,5-8H2,1-2H3. The lowest BCUT2D eigenvalue weighted by atomic mass is 10.1. The molecule has 6 nitrogen and oxygen atoms in total. The van der Waals surface area contributed by atoms with Crippen molar-refractivity contribution in [1.29, 1.82) is 0 Å². The molecule has 1 aliphatic heterocycles.